The minimum absolute atomic E-state index is 0.0992. The summed E-state index contributed by atoms with van der Waals surface area (Å²) in [4.78, 5) is 21.1. The zero-order valence-electron chi connectivity index (χ0n) is 20.0. The average molecular weight is 501 g/mol. The molecule has 0 radical (unpaired) electrons. The van der Waals surface area contributed by atoms with Gasteiger partial charge >= 0.3 is 0 Å². The van der Waals surface area contributed by atoms with Gasteiger partial charge in [-0.15, -0.1) is 11.3 Å². The summed E-state index contributed by atoms with van der Waals surface area (Å²) in [6.45, 7) is 8.39. The molecule has 5 aromatic rings. The highest BCUT2D eigenvalue weighted by Crippen LogP contribution is 2.41. The molecular formula is C28H25ClN4OS. The molecule has 7 heteroatoms. The molecule has 0 aliphatic rings. The van der Waals surface area contributed by atoms with Gasteiger partial charge in [-0.2, -0.15) is 5.10 Å². The number of carbonyl (C=O) groups is 1. The van der Waals surface area contributed by atoms with Crippen molar-refractivity contribution in [3.8, 4) is 33.0 Å². The van der Waals surface area contributed by atoms with E-state index < -0.39 is 0 Å². The molecule has 0 aliphatic carbocycles. The van der Waals surface area contributed by atoms with Crippen LogP contribution in [0, 0.1) is 6.92 Å². The van der Waals surface area contributed by atoms with Crippen LogP contribution in [0.15, 0.2) is 61.1 Å². The number of pyridine rings is 1. The van der Waals surface area contributed by atoms with Crippen molar-refractivity contribution in [2.75, 3.05) is 0 Å². The summed E-state index contributed by atoms with van der Waals surface area (Å²) in [7, 11) is 0. The number of rotatable bonds is 5. The summed E-state index contributed by atoms with van der Waals surface area (Å²) >= 11 is 7.78. The van der Waals surface area contributed by atoms with E-state index in [1.54, 1.807) is 11.3 Å². The molecule has 0 fully saturated rings. The van der Waals surface area contributed by atoms with E-state index in [2.05, 4.69) is 43.0 Å². The lowest BCUT2D eigenvalue weighted by molar-refractivity contribution is -0.107. The van der Waals surface area contributed by atoms with E-state index in [4.69, 9.17) is 16.6 Å². The smallest absolute Gasteiger partial charge is 0.124 e. The molecule has 0 N–H and O–H groups in total. The highest BCUT2D eigenvalue weighted by atomic mass is 35.5. The van der Waals surface area contributed by atoms with Gasteiger partial charge in [-0.25, -0.2) is 4.98 Å². The predicted molar refractivity (Wildman–Crippen MR) is 144 cm³/mol. The topological polar surface area (TPSA) is 60.7 Å². The number of fused-ring (bicyclic) bond motifs is 1. The summed E-state index contributed by atoms with van der Waals surface area (Å²) in [6.07, 6.45) is 7.00. The summed E-state index contributed by atoms with van der Waals surface area (Å²) in [5, 5.41) is 6.10. The summed E-state index contributed by atoms with van der Waals surface area (Å²) in [5.74, 6) is 0. The van der Waals surface area contributed by atoms with E-state index in [9.17, 15) is 4.79 Å². The highest BCUT2D eigenvalue weighted by Gasteiger charge is 2.19. The minimum atomic E-state index is -0.0992. The number of hydrogen-bond donors (Lipinski definition) is 0. The lowest BCUT2D eigenvalue weighted by atomic mass is 9.93. The summed E-state index contributed by atoms with van der Waals surface area (Å²) < 4.78 is 3.01. The molecule has 0 bridgehead atoms. The normalized spacial score (nSPS) is 11.8. The molecule has 0 spiro atoms. The quantitative estimate of drug-likeness (QED) is 0.237. The van der Waals surface area contributed by atoms with Crippen molar-refractivity contribution in [2.24, 2.45) is 0 Å². The van der Waals surface area contributed by atoms with Crippen LogP contribution in [-0.2, 0) is 16.8 Å². The second kappa shape index (κ2) is 9.02. The Morgan fingerprint density at radius 3 is 2.51 bits per heavy atom. The van der Waals surface area contributed by atoms with Gasteiger partial charge in [0.15, 0.2) is 0 Å². The number of aromatic nitrogens is 4. The van der Waals surface area contributed by atoms with Crippen molar-refractivity contribution in [3.05, 3.63) is 77.2 Å². The summed E-state index contributed by atoms with van der Waals surface area (Å²) in [6, 6.07) is 13.9. The Labute approximate surface area is 213 Å². The third-order valence-electron chi connectivity index (χ3n) is 6.00. The molecule has 5 nitrogen and oxygen atoms in total. The number of hydrogen-bond acceptors (Lipinski definition) is 5. The Morgan fingerprint density at radius 1 is 1.06 bits per heavy atom. The van der Waals surface area contributed by atoms with E-state index in [-0.39, 0.29) is 5.54 Å². The first-order chi connectivity index (χ1) is 16.7. The third kappa shape index (κ3) is 4.51. The van der Waals surface area contributed by atoms with Gasteiger partial charge in [-0.1, -0.05) is 23.7 Å². The molecule has 176 valence electrons. The number of benzene rings is 2. The van der Waals surface area contributed by atoms with E-state index >= 15 is 0 Å². The minimum Gasteiger partial charge on any atom is -0.303 e. The number of nitrogens with zero attached hydrogens (tertiary/aromatic N) is 4. The SMILES string of the molecule is Cc1cc2nc(-c3ccnc(-c4cnn(C(C)(C)C)c4)c3)sc2c(-c2ccc(Cl)cc2)c1CC=O. The Balaban J connectivity index is 1.64. The Kier molecular flexibility index (Phi) is 6.03. The van der Waals surface area contributed by atoms with Crippen LogP contribution in [0.2, 0.25) is 5.02 Å². The Hall–Kier alpha value is -3.35. The van der Waals surface area contributed by atoms with Gasteiger partial charge in [0.05, 0.1) is 27.6 Å². The molecule has 0 unspecified atom stereocenters. The van der Waals surface area contributed by atoms with Crippen LogP contribution in [0.1, 0.15) is 31.9 Å². The van der Waals surface area contributed by atoms with Crippen LogP contribution >= 0.6 is 22.9 Å². The Bertz CT molecular complexity index is 1540. The number of aldehydes is 1. The zero-order valence-corrected chi connectivity index (χ0v) is 21.6. The molecular weight excluding hydrogens is 476 g/mol. The molecule has 3 heterocycles. The molecule has 0 aliphatic heterocycles. The van der Waals surface area contributed by atoms with Crippen molar-refractivity contribution in [1.82, 2.24) is 19.7 Å². The molecule has 0 saturated carbocycles. The van der Waals surface area contributed by atoms with Crippen molar-refractivity contribution in [3.63, 3.8) is 0 Å². The number of aryl methyl sites for hydroxylation is 1. The van der Waals surface area contributed by atoms with Gasteiger partial charge in [0, 0.05) is 40.5 Å². The van der Waals surface area contributed by atoms with Crippen molar-refractivity contribution >= 4 is 39.4 Å². The molecule has 3 aromatic heterocycles. The second-order valence-electron chi connectivity index (χ2n) is 9.57. The Morgan fingerprint density at radius 2 is 1.83 bits per heavy atom. The largest absolute Gasteiger partial charge is 0.303 e. The van der Waals surface area contributed by atoms with Crippen molar-refractivity contribution in [1.29, 1.82) is 0 Å². The molecule has 0 atom stereocenters. The lowest BCUT2D eigenvalue weighted by Crippen LogP contribution is -2.21. The predicted octanol–water partition coefficient (Wildman–Crippen LogP) is 7.35. The molecule has 0 saturated heterocycles. The first-order valence-corrected chi connectivity index (χ1v) is 12.6. The fourth-order valence-electron chi connectivity index (χ4n) is 4.17. The van der Waals surface area contributed by atoms with Crippen LogP contribution in [0.3, 0.4) is 0 Å². The number of thiazole rings is 1. The zero-order chi connectivity index (χ0) is 24.7. The monoisotopic (exact) mass is 500 g/mol. The fraction of sp³-hybridized carbons (Fsp3) is 0.214. The van der Waals surface area contributed by atoms with E-state index in [1.165, 1.54) is 0 Å². The molecule has 35 heavy (non-hydrogen) atoms. The van der Waals surface area contributed by atoms with E-state index in [0.717, 1.165) is 60.6 Å². The number of halogens is 1. The maximum atomic E-state index is 11.5. The van der Waals surface area contributed by atoms with Crippen molar-refractivity contribution in [2.45, 2.75) is 39.7 Å². The van der Waals surface area contributed by atoms with Crippen LogP contribution < -0.4 is 0 Å². The second-order valence-corrected chi connectivity index (χ2v) is 11.0. The maximum Gasteiger partial charge on any atom is 0.124 e. The van der Waals surface area contributed by atoms with Gasteiger partial charge in [0.25, 0.3) is 0 Å². The van der Waals surface area contributed by atoms with Crippen LogP contribution in [0.5, 0.6) is 0 Å². The molecule has 2 aromatic carbocycles. The van der Waals surface area contributed by atoms with Crippen molar-refractivity contribution < 1.29 is 4.79 Å². The van der Waals surface area contributed by atoms with E-state index in [1.807, 2.05) is 60.5 Å². The van der Waals surface area contributed by atoms with Gasteiger partial charge in [0.1, 0.15) is 11.3 Å². The third-order valence-corrected chi connectivity index (χ3v) is 7.39. The van der Waals surface area contributed by atoms with Crippen LogP contribution in [0.25, 0.3) is 43.2 Å². The van der Waals surface area contributed by atoms with Crippen LogP contribution in [0.4, 0.5) is 0 Å². The van der Waals surface area contributed by atoms with Gasteiger partial charge in [-0.05, 0) is 74.7 Å². The molecule has 5 rings (SSSR count). The van der Waals surface area contributed by atoms with Gasteiger partial charge < -0.3 is 4.79 Å². The fourth-order valence-corrected chi connectivity index (χ4v) is 5.43. The maximum absolute atomic E-state index is 11.5. The first-order valence-electron chi connectivity index (χ1n) is 11.4. The van der Waals surface area contributed by atoms with Crippen LogP contribution in [-0.4, -0.2) is 26.0 Å². The molecule has 0 amide bonds. The van der Waals surface area contributed by atoms with Gasteiger partial charge in [0.2, 0.25) is 0 Å². The van der Waals surface area contributed by atoms with E-state index in [0.29, 0.717) is 11.4 Å². The highest BCUT2D eigenvalue weighted by molar-refractivity contribution is 7.22. The summed E-state index contributed by atoms with van der Waals surface area (Å²) in [5.41, 5.74) is 7.79. The average Bonchev–Trinajstić information content (AvgIpc) is 3.48. The van der Waals surface area contributed by atoms with Gasteiger partial charge in [-0.3, -0.25) is 9.67 Å². The standard InChI is InChI=1S/C28H25ClN4OS/c1-17-13-24-26(25(22(17)10-12-34)18-5-7-21(29)8-6-18)35-27(32-24)19-9-11-30-23(14-19)20-15-31-33(16-20)28(2,3)4/h5-9,11-16H,10H2,1-4H3. The first kappa shape index (κ1) is 23.4. The number of carbonyl (C=O) groups excluding carboxylic acids is 1. The lowest BCUT2D eigenvalue weighted by Gasteiger charge is -2.18.